The van der Waals surface area contributed by atoms with Crippen molar-refractivity contribution in [1.29, 1.82) is 0 Å². The first-order valence-corrected chi connectivity index (χ1v) is 7.53. The number of rotatable bonds is 8. The topological polar surface area (TPSA) is 15.3 Å². The summed E-state index contributed by atoms with van der Waals surface area (Å²) in [4.78, 5) is 5.11. The van der Waals surface area contributed by atoms with Crippen LogP contribution in [0.2, 0.25) is 0 Å². The number of thiophene rings is 1. The van der Waals surface area contributed by atoms with Crippen LogP contribution in [0.25, 0.3) is 0 Å². The van der Waals surface area contributed by atoms with Gasteiger partial charge < -0.3 is 5.32 Å². The Morgan fingerprint density at radius 2 is 1.74 bits per heavy atom. The molecule has 0 aromatic carbocycles. The Balaban J connectivity index is 2.53. The Hall–Kier alpha value is -0.900. The maximum absolute atomic E-state index is 3.80. The second-order valence-electron chi connectivity index (χ2n) is 5.74. The van der Waals surface area contributed by atoms with Crippen molar-refractivity contribution in [2.75, 3.05) is 13.1 Å². The molecule has 106 valence electrons. The smallest absolute Gasteiger partial charge is 0.0334 e. The van der Waals surface area contributed by atoms with Crippen molar-refractivity contribution in [3.05, 3.63) is 47.2 Å². The first-order valence-electron chi connectivity index (χ1n) is 6.71. The maximum Gasteiger partial charge on any atom is 0.0334 e. The zero-order valence-corrected chi connectivity index (χ0v) is 13.2. The van der Waals surface area contributed by atoms with E-state index in [4.69, 9.17) is 0 Å². The summed E-state index contributed by atoms with van der Waals surface area (Å²) in [5, 5.41) is 3.52. The van der Waals surface area contributed by atoms with Crippen molar-refractivity contribution in [2.45, 2.75) is 39.4 Å². The molecule has 0 saturated heterocycles. The van der Waals surface area contributed by atoms with Gasteiger partial charge in [0.2, 0.25) is 0 Å². The molecule has 0 saturated carbocycles. The summed E-state index contributed by atoms with van der Waals surface area (Å²) in [7, 11) is 0. The molecule has 1 rings (SSSR count). The molecular weight excluding hydrogens is 252 g/mol. The van der Waals surface area contributed by atoms with Gasteiger partial charge in [0.25, 0.3) is 0 Å². The summed E-state index contributed by atoms with van der Waals surface area (Å²) in [6, 6.07) is 4.45. The molecule has 0 fully saturated rings. The third-order valence-electron chi connectivity index (χ3n) is 2.66. The summed E-state index contributed by atoms with van der Waals surface area (Å²) in [5.74, 6) is 0. The van der Waals surface area contributed by atoms with E-state index in [0.29, 0.717) is 0 Å². The molecule has 0 unspecified atom stereocenters. The number of nitrogens with one attached hydrogen (secondary N) is 1. The fraction of sp³-hybridized carbons (Fsp3) is 0.500. The summed E-state index contributed by atoms with van der Waals surface area (Å²) in [6.07, 6.45) is 3.89. The van der Waals surface area contributed by atoms with E-state index in [-0.39, 0.29) is 5.54 Å². The number of hydrogen-bond acceptors (Lipinski definition) is 3. The van der Waals surface area contributed by atoms with Gasteiger partial charge in [-0.25, -0.2) is 0 Å². The molecule has 0 atom stereocenters. The number of hydrogen-bond donors (Lipinski definition) is 1. The Morgan fingerprint density at radius 3 is 2.26 bits per heavy atom. The fourth-order valence-electron chi connectivity index (χ4n) is 1.74. The zero-order valence-electron chi connectivity index (χ0n) is 12.4. The summed E-state index contributed by atoms with van der Waals surface area (Å²) in [5.41, 5.74) is 0.169. The van der Waals surface area contributed by atoms with Gasteiger partial charge in [-0.05, 0) is 32.9 Å². The van der Waals surface area contributed by atoms with Crippen LogP contribution >= 0.6 is 11.3 Å². The standard InChI is InChI=1S/C16H26N2S/c1-6-10-18(11-7-2)13-15-9-8-14(19-15)12-17-16(3,4)5/h6-9,17H,1-2,10-13H2,3-5H3. The lowest BCUT2D eigenvalue weighted by molar-refractivity contribution is 0.331. The normalized spacial score (nSPS) is 11.8. The Morgan fingerprint density at radius 1 is 1.16 bits per heavy atom. The molecule has 1 aromatic rings. The molecule has 0 radical (unpaired) electrons. The van der Waals surface area contributed by atoms with Gasteiger partial charge >= 0.3 is 0 Å². The van der Waals surface area contributed by atoms with E-state index in [1.165, 1.54) is 9.75 Å². The van der Waals surface area contributed by atoms with Crippen LogP contribution < -0.4 is 5.32 Å². The first kappa shape index (κ1) is 16.2. The molecule has 1 heterocycles. The molecule has 19 heavy (non-hydrogen) atoms. The van der Waals surface area contributed by atoms with Gasteiger partial charge in [0, 0.05) is 41.5 Å². The summed E-state index contributed by atoms with van der Waals surface area (Å²) >= 11 is 1.88. The largest absolute Gasteiger partial charge is 0.307 e. The molecule has 1 aromatic heterocycles. The molecule has 3 heteroatoms. The first-order chi connectivity index (χ1) is 8.94. The van der Waals surface area contributed by atoms with Gasteiger partial charge in [0.15, 0.2) is 0 Å². The monoisotopic (exact) mass is 278 g/mol. The van der Waals surface area contributed by atoms with Crippen LogP contribution in [0.4, 0.5) is 0 Å². The van der Waals surface area contributed by atoms with E-state index in [1.54, 1.807) is 0 Å². The van der Waals surface area contributed by atoms with Crippen molar-refractivity contribution in [2.24, 2.45) is 0 Å². The average Bonchev–Trinajstić information content (AvgIpc) is 2.74. The van der Waals surface area contributed by atoms with Crippen molar-refractivity contribution in [1.82, 2.24) is 10.2 Å². The molecule has 0 bridgehead atoms. The van der Waals surface area contributed by atoms with Crippen LogP contribution in [0.1, 0.15) is 30.5 Å². The fourth-order valence-corrected chi connectivity index (χ4v) is 2.74. The Kier molecular flexibility index (Phi) is 6.49. The molecule has 0 aliphatic carbocycles. The zero-order chi connectivity index (χ0) is 14.3. The van der Waals surface area contributed by atoms with Gasteiger partial charge in [0.05, 0.1) is 0 Å². The Labute approximate surface area is 121 Å². The molecule has 2 nitrogen and oxygen atoms in total. The van der Waals surface area contributed by atoms with Gasteiger partial charge in [0.1, 0.15) is 0 Å². The SMILES string of the molecule is C=CCN(CC=C)Cc1ccc(CNC(C)(C)C)s1. The van der Waals surface area contributed by atoms with Crippen LogP contribution in [0.3, 0.4) is 0 Å². The van der Waals surface area contributed by atoms with E-state index in [0.717, 1.165) is 26.2 Å². The lowest BCUT2D eigenvalue weighted by Crippen LogP contribution is -2.34. The van der Waals surface area contributed by atoms with Crippen molar-refractivity contribution >= 4 is 11.3 Å². The molecule has 0 spiro atoms. The highest BCUT2D eigenvalue weighted by Gasteiger charge is 2.10. The second-order valence-corrected chi connectivity index (χ2v) is 7.00. The second kappa shape index (κ2) is 7.63. The molecule has 1 N–H and O–H groups in total. The minimum absolute atomic E-state index is 0.169. The van der Waals surface area contributed by atoms with E-state index < -0.39 is 0 Å². The van der Waals surface area contributed by atoms with Crippen LogP contribution in [-0.2, 0) is 13.1 Å². The lowest BCUT2D eigenvalue weighted by atomic mass is 10.1. The predicted octanol–water partition coefficient (Wildman–Crippen LogP) is 3.81. The number of nitrogens with zero attached hydrogens (tertiary/aromatic N) is 1. The van der Waals surface area contributed by atoms with E-state index in [2.05, 4.69) is 56.3 Å². The minimum atomic E-state index is 0.169. The molecule has 0 amide bonds. The highest BCUT2D eigenvalue weighted by Crippen LogP contribution is 2.19. The highest BCUT2D eigenvalue weighted by atomic mass is 32.1. The van der Waals surface area contributed by atoms with Crippen LogP contribution in [0.5, 0.6) is 0 Å². The summed E-state index contributed by atoms with van der Waals surface area (Å²) < 4.78 is 0. The average molecular weight is 278 g/mol. The lowest BCUT2D eigenvalue weighted by Gasteiger charge is -2.20. The highest BCUT2D eigenvalue weighted by molar-refractivity contribution is 7.11. The van der Waals surface area contributed by atoms with Gasteiger partial charge in [-0.15, -0.1) is 24.5 Å². The summed E-state index contributed by atoms with van der Waals surface area (Å²) in [6.45, 7) is 17.9. The minimum Gasteiger partial charge on any atom is -0.307 e. The maximum atomic E-state index is 3.80. The molecule has 0 aliphatic rings. The van der Waals surface area contributed by atoms with Crippen molar-refractivity contribution in [3.63, 3.8) is 0 Å². The molecular formula is C16H26N2S. The van der Waals surface area contributed by atoms with Crippen LogP contribution in [-0.4, -0.2) is 23.5 Å². The molecule has 0 aliphatic heterocycles. The van der Waals surface area contributed by atoms with E-state index >= 15 is 0 Å². The van der Waals surface area contributed by atoms with Crippen molar-refractivity contribution < 1.29 is 0 Å². The van der Waals surface area contributed by atoms with Gasteiger partial charge in [-0.3, -0.25) is 4.90 Å². The third-order valence-corrected chi connectivity index (χ3v) is 3.73. The van der Waals surface area contributed by atoms with Gasteiger partial charge in [-0.2, -0.15) is 0 Å². The van der Waals surface area contributed by atoms with Gasteiger partial charge in [-0.1, -0.05) is 12.2 Å². The van der Waals surface area contributed by atoms with E-state index in [1.807, 2.05) is 23.5 Å². The quantitative estimate of drug-likeness (QED) is 0.727. The van der Waals surface area contributed by atoms with Crippen LogP contribution in [0, 0.1) is 0 Å². The predicted molar refractivity (Wildman–Crippen MR) is 86.6 cm³/mol. The van der Waals surface area contributed by atoms with E-state index in [9.17, 15) is 0 Å². The third kappa shape index (κ3) is 6.71. The Bertz CT molecular complexity index is 391. The van der Waals surface area contributed by atoms with Crippen molar-refractivity contribution in [3.8, 4) is 0 Å². The van der Waals surface area contributed by atoms with Crippen LogP contribution in [0.15, 0.2) is 37.4 Å².